The molecule has 1 fully saturated rings. The topological polar surface area (TPSA) is 96.5 Å². The van der Waals surface area contributed by atoms with Crippen LogP contribution in [0.25, 0.3) is 0 Å². The predicted octanol–water partition coefficient (Wildman–Crippen LogP) is 2.93. The first-order valence-corrected chi connectivity index (χ1v) is 9.65. The summed E-state index contributed by atoms with van der Waals surface area (Å²) in [5.41, 5.74) is 1.27. The van der Waals surface area contributed by atoms with Gasteiger partial charge in [-0.1, -0.05) is 22.0 Å². The zero-order valence-corrected chi connectivity index (χ0v) is 16.6. The number of nitrogens with one attached hydrogen (secondary N) is 3. The van der Waals surface area contributed by atoms with Crippen LogP contribution in [-0.2, 0) is 14.4 Å². The molecule has 3 N–H and O–H groups in total. The molecular weight excluding hydrogens is 426 g/mol. The summed E-state index contributed by atoms with van der Waals surface area (Å²) >= 11 is 3.32. The van der Waals surface area contributed by atoms with E-state index >= 15 is 0 Å². The van der Waals surface area contributed by atoms with Crippen LogP contribution >= 0.6 is 15.9 Å². The van der Waals surface area contributed by atoms with Gasteiger partial charge in [0.15, 0.2) is 6.61 Å². The van der Waals surface area contributed by atoms with Crippen molar-refractivity contribution in [3.63, 3.8) is 0 Å². The Morgan fingerprint density at radius 1 is 0.964 bits per heavy atom. The van der Waals surface area contributed by atoms with Gasteiger partial charge in [0.2, 0.25) is 11.8 Å². The summed E-state index contributed by atoms with van der Waals surface area (Å²) in [6.07, 6.45) is 1.86. The molecule has 2 aromatic rings. The van der Waals surface area contributed by atoms with Crippen molar-refractivity contribution in [1.82, 2.24) is 5.32 Å². The Hall–Kier alpha value is -2.87. The van der Waals surface area contributed by atoms with E-state index in [0.717, 1.165) is 17.3 Å². The van der Waals surface area contributed by atoms with Crippen molar-refractivity contribution in [3.8, 4) is 5.75 Å². The minimum Gasteiger partial charge on any atom is -0.484 e. The molecular formula is C20H20BrN3O4. The third-order valence-corrected chi connectivity index (χ3v) is 4.52. The standard InChI is InChI=1S/C20H20BrN3O4/c21-14-6-8-15(9-7-14)23-18(25)11-22-19(26)12-28-17-3-1-2-16(10-17)24-20(27)13-4-5-13/h1-3,6-10,13H,4-5,11-12H2,(H,22,26)(H,23,25)(H,24,27). The Bertz CT molecular complexity index is 866. The number of halogens is 1. The summed E-state index contributed by atoms with van der Waals surface area (Å²) in [6.45, 7) is -0.388. The molecule has 0 spiro atoms. The van der Waals surface area contributed by atoms with Crippen LogP contribution in [0, 0.1) is 5.92 Å². The van der Waals surface area contributed by atoms with E-state index in [1.165, 1.54) is 0 Å². The van der Waals surface area contributed by atoms with Gasteiger partial charge < -0.3 is 20.7 Å². The quantitative estimate of drug-likeness (QED) is 0.581. The highest BCUT2D eigenvalue weighted by molar-refractivity contribution is 9.10. The maximum absolute atomic E-state index is 11.9. The molecule has 3 amide bonds. The fourth-order valence-corrected chi connectivity index (χ4v) is 2.63. The average Bonchev–Trinajstić information content (AvgIpc) is 3.52. The van der Waals surface area contributed by atoms with Crippen molar-refractivity contribution in [1.29, 1.82) is 0 Å². The molecule has 28 heavy (non-hydrogen) atoms. The number of ether oxygens (including phenoxy) is 1. The smallest absolute Gasteiger partial charge is 0.258 e. The van der Waals surface area contributed by atoms with Crippen LogP contribution < -0.4 is 20.7 Å². The molecule has 146 valence electrons. The molecule has 0 atom stereocenters. The van der Waals surface area contributed by atoms with E-state index in [1.807, 2.05) is 12.1 Å². The van der Waals surface area contributed by atoms with Gasteiger partial charge in [-0.3, -0.25) is 14.4 Å². The number of hydrogen-bond donors (Lipinski definition) is 3. The SMILES string of the molecule is O=C(COc1cccc(NC(=O)C2CC2)c1)NCC(=O)Nc1ccc(Br)cc1. The van der Waals surface area contributed by atoms with Crippen LogP contribution in [0.5, 0.6) is 5.75 Å². The summed E-state index contributed by atoms with van der Waals surface area (Å²) in [6, 6.07) is 14.0. The van der Waals surface area contributed by atoms with Gasteiger partial charge in [0, 0.05) is 27.8 Å². The Morgan fingerprint density at radius 3 is 2.43 bits per heavy atom. The number of hydrogen-bond acceptors (Lipinski definition) is 4. The normalized spacial score (nSPS) is 12.8. The molecule has 2 aromatic carbocycles. The molecule has 0 saturated heterocycles. The van der Waals surface area contributed by atoms with E-state index in [9.17, 15) is 14.4 Å². The number of carbonyl (C=O) groups is 3. The monoisotopic (exact) mass is 445 g/mol. The Morgan fingerprint density at radius 2 is 1.71 bits per heavy atom. The molecule has 0 radical (unpaired) electrons. The maximum Gasteiger partial charge on any atom is 0.258 e. The average molecular weight is 446 g/mol. The van der Waals surface area contributed by atoms with E-state index in [2.05, 4.69) is 31.9 Å². The van der Waals surface area contributed by atoms with E-state index in [1.54, 1.807) is 36.4 Å². The molecule has 0 aliphatic heterocycles. The van der Waals surface area contributed by atoms with Crippen LogP contribution in [0.2, 0.25) is 0 Å². The fourth-order valence-electron chi connectivity index (χ4n) is 2.37. The van der Waals surface area contributed by atoms with Crippen LogP contribution in [0.3, 0.4) is 0 Å². The van der Waals surface area contributed by atoms with E-state index < -0.39 is 5.91 Å². The predicted molar refractivity (Wildman–Crippen MR) is 109 cm³/mol. The largest absolute Gasteiger partial charge is 0.484 e. The number of benzene rings is 2. The van der Waals surface area contributed by atoms with Crippen LogP contribution in [-0.4, -0.2) is 30.9 Å². The third kappa shape index (κ3) is 6.38. The molecule has 7 nitrogen and oxygen atoms in total. The Kier molecular flexibility index (Phi) is 6.65. The van der Waals surface area contributed by atoms with Crippen molar-refractivity contribution < 1.29 is 19.1 Å². The molecule has 0 aromatic heterocycles. The van der Waals surface area contributed by atoms with Gasteiger partial charge in [-0.05, 0) is 49.2 Å². The first-order chi connectivity index (χ1) is 13.5. The number of amides is 3. The number of rotatable bonds is 8. The Balaban J connectivity index is 1.39. The molecule has 8 heteroatoms. The minimum absolute atomic E-state index is 0.00618. The lowest BCUT2D eigenvalue weighted by molar-refractivity contribution is -0.125. The summed E-state index contributed by atoms with van der Waals surface area (Å²) in [5.74, 6) is -0.174. The first kappa shape index (κ1) is 19.9. The van der Waals surface area contributed by atoms with E-state index in [-0.39, 0.29) is 30.9 Å². The molecule has 0 bridgehead atoms. The second-order valence-electron chi connectivity index (χ2n) is 6.41. The van der Waals surface area contributed by atoms with Crippen LogP contribution in [0.1, 0.15) is 12.8 Å². The van der Waals surface area contributed by atoms with Gasteiger partial charge in [0.25, 0.3) is 5.91 Å². The summed E-state index contributed by atoms with van der Waals surface area (Å²) in [7, 11) is 0. The highest BCUT2D eigenvalue weighted by atomic mass is 79.9. The van der Waals surface area contributed by atoms with Crippen LogP contribution in [0.15, 0.2) is 53.0 Å². The van der Waals surface area contributed by atoms with Gasteiger partial charge in [-0.15, -0.1) is 0 Å². The van der Waals surface area contributed by atoms with Crippen molar-refractivity contribution in [2.45, 2.75) is 12.8 Å². The summed E-state index contributed by atoms with van der Waals surface area (Å²) in [5, 5.41) is 8.01. The van der Waals surface area contributed by atoms with E-state index in [4.69, 9.17) is 4.74 Å². The fraction of sp³-hybridized carbons (Fsp3) is 0.250. The molecule has 1 aliphatic carbocycles. The number of carbonyl (C=O) groups excluding carboxylic acids is 3. The second-order valence-corrected chi connectivity index (χ2v) is 7.33. The van der Waals surface area contributed by atoms with Gasteiger partial charge in [-0.2, -0.15) is 0 Å². The van der Waals surface area contributed by atoms with Gasteiger partial charge in [0.1, 0.15) is 5.75 Å². The highest BCUT2D eigenvalue weighted by Crippen LogP contribution is 2.30. The lowest BCUT2D eigenvalue weighted by atomic mass is 10.3. The van der Waals surface area contributed by atoms with E-state index in [0.29, 0.717) is 17.1 Å². The van der Waals surface area contributed by atoms with Crippen molar-refractivity contribution in [3.05, 3.63) is 53.0 Å². The van der Waals surface area contributed by atoms with Crippen molar-refractivity contribution in [2.24, 2.45) is 5.92 Å². The number of anilines is 2. The minimum atomic E-state index is -0.418. The summed E-state index contributed by atoms with van der Waals surface area (Å²) < 4.78 is 6.34. The second kappa shape index (κ2) is 9.36. The molecule has 1 saturated carbocycles. The molecule has 1 aliphatic rings. The highest BCUT2D eigenvalue weighted by Gasteiger charge is 2.29. The van der Waals surface area contributed by atoms with Crippen molar-refractivity contribution in [2.75, 3.05) is 23.8 Å². The van der Waals surface area contributed by atoms with Gasteiger partial charge >= 0.3 is 0 Å². The molecule has 0 unspecified atom stereocenters. The molecule has 3 rings (SSSR count). The summed E-state index contributed by atoms with van der Waals surface area (Å²) in [4.78, 5) is 35.5. The maximum atomic E-state index is 11.9. The van der Waals surface area contributed by atoms with Gasteiger partial charge in [0.05, 0.1) is 6.54 Å². The van der Waals surface area contributed by atoms with Crippen molar-refractivity contribution >= 4 is 45.0 Å². The zero-order valence-electron chi connectivity index (χ0n) is 15.0. The Labute approximate surface area is 171 Å². The zero-order chi connectivity index (χ0) is 19.9. The van der Waals surface area contributed by atoms with Crippen LogP contribution in [0.4, 0.5) is 11.4 Å². The third-order valence-electron chi connectivity index (χ3n) is 3.99. The lowest BCUT2D eigenvalue weighted by Crippen LogP contribution is -2.35. The molecule has 0 heterocycles. The first-order valence-electron chi connectivity index (χ1n) is 8.85. The lowest BCUT2D eigenvalue weighted by Gasteiger charge is -2.10. The van der Waals surface area contributed by atoms with Gasteiger partial charge in [-0.25, -0.2) is 0 Å².